The summed E-state index contributed by atoms with van der Waals surface area (Å²) in [4.78, 5) is 9.17. The van der Waals surface area contributed by atoms with E-state index < -0.39 is 19.7 Å². The van der Waals surface area contributed by atoms with E-state index >= 15 is 0 Å². The first-order chi connectivity index (χ1) is 5.91. The first kappa shape index (κ1) is 9.94. The van der Waals surface area contributed by atoms with Crippen LogP contribution in [0.3, 0.4) is 0 Å². The van der Waals surface area contributed by atoms with Crippen molar-refractivity contribution in [2.75, 3.05) is 0 Å². The van der Waals surface area contributed by atoms with E-state index in [1.165, 1.54) is 0 Å². The molecule has 1 aromatic carbocycles. The van der Waals surface area contributed by atoms with E-state index in [4.69, 9.17) is 10.7 Å². The standard InChI is InChI=1S/C6H3ClNO4S/c7-13(11,12)6-3-1-2-5(4-6)8(9)10/h1,3-4H. The monoisotopic (exact) mass is 220 g/mol. The zero-order valence-electron chi connectivity index (χ0n) is 6.10. The van der Waals surface area contributed by atoms with Crippen molar-refractivity contribution in [1.82, 2.24) is 0 Å². The van der Waals surface area contributed by atoms with Crippen molar-refractivity contribution >= 4 is 25.4 Å². The van der Waals surface area contributed by atoms with Crippen molar-refractivity contribution in [2.45, 2.75) is 4.90 Å². The molecule has 7 heteroatoms. The molecular weight excluding hydrogens is 218 g/mol. The Bertz CT molecular complexity index is 442. The van der Waals surface area contributed by atoms with Crippen LogP contribution in [0.2, 0.25) is 0 Å². The lowest BCUT2D eigenvalue weighted by atomic mass is 10.3. The predicted molar refractivity (Wildman–Crippen MR) is 45.0 cm³/mol. The third kappa shape index (κ3) is 2.40. The van der Waals surface area contributed by atoms with Crippen molar-refractivity contribution in [3.8, 4) is 0 Å². The molecule has 0 fully saturated rings. The molecule has 5 nitrogen and oxygen atoms in total. The number of hydrogen-bond donors (Lipinski definition) is 0. The second kappa shape index (κ2) is 3.31. The Kier molecular flexibility index (Phi) is 2.53. The fourth-order valence-electron chi connectivity index (χ4n) is 0.691. The summed E-state index contributed by atoms with van der Waals surface area (Å²) in [6.07, 6.45) is 0. The summed E-state index contributed by atoms with van der Waals surface area (Å²) in [6, 6.07) is 5.37. The number of rotatable bonds is 2. The highest BCUT2D eigenvalue weighted by molar-refractivity contribution is 8.13. The minimum Gasteiger partial charge on any atom is -0.258 e. The number of hydrogen-bond acceptors (Lipinski definition) is 4. The smallest absolute Gasteiger partial charge is 0.258 e. The summed E-state index contributed by atoms with van der Waals surface area (Å²) in [6.45, 7) is 0. The maximum Gasteiger partial charge on any atom is 0.278 e. The van der Waals surface area contributed by atoms with Gasteiger partial charge >= 0.3 is 0 Å². The van der Waals surface area contributed by atoms with Crippen LogP contribution in [0.5, 0.6) is 0 Å². The van der Waals surface area contributed by atoms with Gasteiger partial charge in [-0.25, -0.2) is 8.42 Å². The summed E-state index contributed by atoms with van der Waals surface area (Å²) in [7, 11) is 1.06. The minimum atomic E-state index is -3.91. The Balaban J connectivity index is 3.29. The van der Waals surface area contributed by atoms with Crippen molar-refractivity contribution in [2.24, 2.45) is 0 Å². The molecule has 0 amide bonds. The summed E-state index contributed by atoms with van der Waals surface area (Å²) < 4.78 is 21.5. The molecule has 69 valence electrons. The van der Waals surface area contributed by atoms with Gasteiger partial charge in [0.05, 0.1) is 15.9 Å². The van der Waals surface area contributed by atoms with E-state index in [9.17, 15) is 18.5 Å². The van der Waals surface area contributed by atoms with E-state index in [-0.39, 0.29) is 4.90 Å². The van der Waals surface area contributed by atoms with Gasteiger partial charge in [-0.3, -0.25) is 10.1 Å². The second-order valence-corrected chi connectivity index (χ2v) is 4.67. The van der Waals surface area contributed by atoms with Crippen molar-refractivity contribution < 1.29 is 13.3 Å². The molecule has 0 aliphatic rings. The molecule has 0 aliphatic carbocycles. The van der Waals surface area contributed by atoms with E-state index in [0.717, 1.165) is 18.2 Å². The van der Waals surface area contributed by atoms with Gasteiger partial charge in [-0.2, -0.15) is 0 Å². The van der Waals surface area contributed by atoms with Gasteiger partial charge < -0.3 is 0 Å². The van der Waals surface area contributed by atoms with Gasteiger partial charge in [0.2, 0.25) is 0 Å². The third-order valence-corrected chi connectivity index (χ3v) is 2.59. The van der Waals surface area contributed by atoms with Gasteiger partial charge in [0.15, 0.2) is 0 Å². The molecule has 1 aromatic rings. The molecule has 13 heavy (non-hydrogen) atoms. The zero-order valence-corrected chi connectivity index (χ0v) is 7.67. The van der Waals surface area contributed by atoms with Crippen LogP contribution < -0.4 is 0 Å². The average molecular weight is 221 g/mol. The average Bonchev–Trinajstić information content (AvgIpc) is 2.03. The van der Waals surface area contributed by atoms with Crippen LogP contribution >= 0.6 is 10.7 Å². The van der Waals surface area contributed by atoms with Crippen molar-refractivity contribution in [3.05, 3.63) is 34.4 Å². The van der Waals surface area contributed by atoms with Gasteiger partial charge in [0.1, 0.15) is 0 Å². The molecule has 0 saturated heterocycles. The summed E-state index contributed by atoms with van der Waals surface area (Å²) in [5, 5.41) is 10.2. The Hall–Kier alpha value is -1.14. The van der Waals surface area contributed by atoms with Crippen LogP contribution in [-0.4, -0.2) is 13.3 Å². The largest absolute Gasteiger partial charge is 0.278 e. The molecule has 0 saturated carbocycles. The topological polar surface area (TPSA) is 77.3 Å². The third-order valence-electron chi connectivity index (χ3n) is 1.24. The van der Waals surface area contributed by atoms with Gasteiger partial charge in [-0.1, -0.05) is 0 Å². The molecule has 0 bridgehead atoms. The molecule has 0 spiro atoms. The first-order valence-electron chi connectivity index (χ1n) is 3.02. The summed E-state index contributed by atoms with van der Waals surface area (Å²) in [5.41, 5.74) is -0.429. The normalized spacial score (nSPS) is 11.2. The summed E-state index contributed by atoms with van der Waals surface area (Å²) >= 11 is 0. The van der Waals surface area contributed by atoms with E-state index in [2.05, 4.69) is 6.07 Å². The fourth-order valence-corrected chi connectivity index (χ4v) is 1.46. The van der Waals surface area contributed by atoms with Crippen LogP contribution in [0, 0.1) is 16.2 Å². The molecule has 0 heterocycles. The Morgan fingerprint density at radius 1 is 1.54 bits per heavy atom. The van der Waals surface area contributed by atoms with Crippen molar-refractivity contribution in [3.63, 3.8) is 0 Å². The number of nitro benzene ring substituents is 1. The highest BCUT2D eigenvalue weighted by Gasteiger charge is 2.14. The van der Waals surface area contributed by atoms with E-state index in [1.807, 2.05) is 0 Å². The molecule has 1 rings (SSSR count). The van der Waals surface area contributed by atoms with Gasteiger partial charge in [0, 0.05) is 16.7 Å². The Morgan fingerprint density at radius 3 is 2.62 bits per heavy atom. The molecule has 0 aromatic heterocycles. The molecule has 0 atom stereocenters. The number of benzene rings is 1. The molecular formula is C6H3ClNO4S. The van der Waals surface area contributed by atoms with Crippen molar-refractivity contribution in [1.29, 1.82) is 0 Å². The minimum absolute atomic E-state index is 0.306. The Labute approximate surface area is 78.5 Å². The van der Waals surface area contributed by atoms with Crippen LogP contribution in [0.25, 0.3) is 0 Å². The van der Waals surface area contributed by atoms with E-state index in [1.54, 1.807) is 0 Å². The number of halogens is 1. The fraction of sp³-hybridized carbons (Fsp3) is 0. The molecule has 0 N–H and O–H groups in total. The van der Waals surface area contributed by atoms with Crippen LogP contribution in [-0.2, 0) is 9.05 Å². The second-order valence-electron chi connectivity index (χ2n) is 2.10. The SMILES string of the molecule is O=[N+]([O-])c1[c]ccc(S(=O)(=O)Cl)c1. The predicted octanol–water partition coefficient (Wildman–Crippen LogP) is 1.32. The highest BCUT2D eigenvalue weighted by atomic mass is 35.7. The summed E-state index contributed by atoms with van der Waals surface area (Å²) in [5.74, 6) is 0. The molecule has 0 aliphatic heterocycles. The first-order valence-corrected chi connectivity index (χ1v) is 5.33. The Morgan fingerprint density at radius 2 is 2.15 bits per heavy atom. The molecule has 0 unspecified atom stereocenters. The van der Waals surface area contributed by atoms with Gasteiger partial charge in [-0.05, 0) is 12.1 Å². The maximum absolute atomic E-state index is 10.7. The zero-order chi connectivity index (χ0) is 10.1. The van der Waals surface area contributed by atoms with E-state index in [0.29, 0.717) is 0 Å². The number of nitro groups is 1. The highest BCUT2D eigenvalue weighted by Crippen LogP contribution is 2.19. The van der Waals surface area contributed by atoms with Crippen LogP contribution in [0.1, 0.15) is 0 Å². The number of non-ortho nitro benzene ring substituents is 1. The maximum atomic E-state index is 10.7. The van der Waals surface area contributed by atoms with Crippen LogP contribution in [0.4, 0.5) is 5.69 Å². The quantitative estimate of drug-likeness (QED) is 0.428. The van der Waals surface area contributed by atoms with Gasteiger partial charge in [0.25, 0.3) is 14.7 Å². The van der Waals surface area contributed by atoms with Gasteiger partial charge in [-0.15, -0.1) is 0 Å². The lowest BCUT2D eigenvalue weighted by Crippen LogP contribution is -1.93. The van der Waals surface area contributed by atoms with Crippen LogP contribution in [0.15, 0.2) is 23.1 Å². The lowest BCUT2D eigenvalue weighted by Gasteiger charge is -1.94. The number of nitrogens with zero attached hydrogens (tertiary/aromatic N) is 1. The lowest BCUT2D eigenvalue weighted by molar-refractivity contribution is -0.385. The molecule has 1 radical (unpaired) electrons.